The molecular formula is C27H37NO8S. The van der Waals surface area contributed by atoms with Crippen molar-refractivity contribution in [3.05, 3.63) is 35.2 Å². The normalized spacial score (nSPS) is 15.3. The summed E-state index contributed by atoms with van der Waals surface area (Å²) in [5.41, 5.74) is 0. The lowest BCUT2D eigenvalue weighted by molar-refractivity contribution is -0.140. The molecule has 1 atom stereocenters. The quantitative estimate of drug-likeness (QED) is 0.198. The number of aliphatic carboxylic acids is 1. The van der Waals surface area contributed by atoms with E-state index < -0.39 is 5.97 Å². The molecule has 1 aromatic heterocycles. The van der Waals surface area contributed by atoms with Crippen LogP contribution in [0.25, 0.3) is 10.1 Å². The van der Waals surface area contributed by atoms with Crippen LogP contribution in [0.1, 0.15) is 61.5 Å². The molecule has 1 aliphatic carbocycles. The smallest absolute Gasteiger partial charge is 0.322 e. The van der Waals surface area contributed by atoms with E-state index in [2.05, 4.69) is 23.8 Å². The van der Waals surface area contributed by atoms with Crippen molar-refractivity contribution in [2.45, 2.75) is 51.9 Å². The first-order chi connectivity index (χ1) is 17.7. The van der Waals surface area contributed by atoms with E-state index in [-0.39, 0.29) is 31.1 Å². The van der Waals surface area contributed by atoms with Crippen LogP contribution in [0, 0.1) is 5.92 Å². The van der Waals surface area contributed by atoms with Crippen LogP contribution in [0.4, 0.5) is 0 Å². The third-order valence-electron chi connectivity index (χ3n) is 5.48. The van der Waals surface area contributed by atoms with Gasteiger partial charge in [0.05, 0.1) is 32.6 Å². The number of fused-ring (bicyclic) bond motifs is 1. The second-order valence-electron chi connectivity index (χ2n) is 8.33. The van der Waals surface area contributed by atoms with Crippen molar-refractivity contribution in [3.63, 3.8) is 0 Å². The van der Waals surface area contributed by atoms with Crippen molar-refractivity contribution < 1.29 is 38.5 Å². The summed E-state index contributed by atoms with van der Waals surface area (Å²) in [4.78, 5) is 42.7. The van der Waals surface area contributed by atoms with Crippen molar-refractivity contribution in [1.29, 1.82) is 0 Å². The van der Waals surface area contributed by atoms with Gasteiger partial charge in [-0.25, -0.2) is 0 Å². The maximum absolute atomic E-state index is 12.1. The molecule has 0 fully saturated rings. The standard InChI is InChI=1S/C15H16O5S.C9H16.C3H5NO3/c1-18-11-6-9-7-14(10(16)4-5-15(17)20-3)21-13(9)8-12(11)19-2;1-9-7-5-3-2-4-6-8-9;5-2-4-1-3(6)7/h6-8H,4-5H2,1-3H3;2-3,9H,4-8H2,1H3;2H,1H2,(H,4,5)(H,6,7)/b;3-2+;. The molecule has 2 N–H and O–H groups in total. The van der Waals surface area contributed by atoms with Crippen molar-refractivity contribution in [2.24, 2.45) is 5.92 Å². The largest absolute Gasteiger partial charge is 0.493 e. The molecule has 2 aromatic rings. The third kappa shape index (κ3) is 12.4. The Labute approximate surface area is 221 Å². The van der Waals surface area contributed by atoms with Crippen molar-refractivity contribution in [2.75, 3.05) is 27.9 Å². The minimum atomic E-state index is -1.04. The maximum Gasteiger partial charge on any atom is 0.322 e. The van der Waals surface area contributed by atoms with Crippen LogP contribution in [0.2, 0.25) is 0 Å². The van der Waals surface area contributed by atoms with Gasteiger partial charge in [0.25, 0.3) is 0 Å². The second-order valence-corrected chi connectivity index (χ2v) is 9.42. The van der Waals surface area contributed by atoms with E-state index in [0.717, 1.165) is 16.0 Å². The van der Waals surface area contributed by atoms with E-state index >= 15 is 0 Å². The predicted octanol–water partition coefficient (Wildman–Crippen LogP) is 5.01. The van der Waals surface area contributed by atoms with E-state index in [1.54, 1.807) is 14.2 Å². The van der Waals surface area contributed by atoms with Gasteiger partial charge in [-0.3, -0.25) is 19.2 Å². The van der Waals surface area contributed by atoms with E-state index in [4.69, 9.17) is 14.6 Å². The number of Topliss-reactive ketones (excluding diaryl/α,β-unsaturated/α-hetero) is 1. The summed E-state index contributed by atoms with van der Waals surface area (Å²) in [6.07, 6.45) is 12.1. The summed E-state index contributed by atoms with van der Waals surface area (Å²) in [6, 6.07) is 5.49. The molecule has 1 heterocycles. The molecule has 0 spiro atoms. The number of nitrogens with one attached hydrogen (secondary N) is 1. The molecule has 1 aliphatic rings. The van der Waals surface area contributed by atoms with Gasteiger partial charge in [0.15, 0.2) is 17.3 Å². The molecule has 10 heteroatoms. The fraction of sp³-hybridized carbons (Fsp3) is 0.481. The Morgan fingerprint density at radius 2 is 1.70 bits per heavy atom. The number of amides is 1. The number of ether oxygens (including phenoxy) is 3. The van der Waals surface area contributed by atoms with Gasteiger partial charge in [0, 0.05) is 17.2 Å². The Morgan fingerprint density at radius 1 is 1.03 bits per heavy atom. The van der Waals surface area contributed by atoms with Gasteiger partial charge in [0.2, 0.25) is 6.41 Å². The number of carboxylic acid groups (broad SMARTS) is 1. The first-order valence-corrected chi connectivity index (χ1v) is 12.9. The second kappa shape index (κ2) is 17.9. The summed E-state index contributed by atoms with van der Waals surface area (Å²) in [6.45, 7) is 2.06. The van der Waals surface area contributed by atoms with Crippen LogP contribution < -0.4 is 14.8 Å². The van der Waals surface area contributed by atoms with Gasteiger partial charge in [-0.2, -0.15) is 0 Å². The summed E-state index contributed by atoms with van der Waals surface area (Å²) in [5.74, 6) is 0.728. The number of carboxylic acids is 1. The molecule has 0 bridgehead atoms. The fourth-order valence-corrected chi connectivity index (χ4v) is 4.46. The fourth-order valence-electron chi connectivity index (χ4n) is 3.42. The van der Waals surface area contributed by atoms with Crippen LogP contribution in [-0.2, 0) is 19.1 Å². The molecule has 0 radical (unpaired) electrons. The molecule has 1 amide bonds. The minimum Gasteiger partial charge on any atom is -0.493 e. The van der Waals surface area contributed by atoms with Gasteiger partial charge in [0.1, 0.15) is 6.54 Å². The summed E-state index contributed by atoms with van der Waals surface area (Å²) >= 11 is 1.38. The molecule has 3 rings (SSSR count). The summed E-state index contributed by atoms with van der Waals surface area (Å²) < 4.78 is 16.0. The molecule has 9 nitrogen and oxygen atoms in total. The van der Waals surface area contributed by atoms with Gasteiger partial charge in [-0.15, -0.1) is 11.3 Å². The van der Waals surface area contributed by atoms with Crippen LogP contribution in [0.5, 0.6) is 11.5 Å². The van der Waals surface area contributed by atoms with Gasteiger partial charge in [-0.05, 0) is 49.1 Å². The zero-order valence-electron chi connectivity index (χ0n) is 21.9. The highest BCUT2D eigenvalue weighted by atomic mass is 32.1. The van der Waals surface area contributed by atoms with Crippen LogP contribution >= 0.6 is 11.3 Å². The summed E-state index contributed by atoms with van der Waals surface area (Å²) in [7, 11) is 4.45. The predicted molar refractivity (Wildman–Crippen MR) is 144 cm³/mol. The first kappa shape index (κ1) is 31.6. The number of thiophene rings is 1. The Morgan fingerprint density at radius 3 is 2.30 bits per heavy atom. The minimum absolute atomic E-state index is 0.0699. The SMILES string of the molecule is CC1CC/C=C/CCC1.COC(=O)CCC(=O)c1cc2cc(OC)c(OC)cc2s1.O=CNCC(=O)O. The number of carbonyl (C=O) groups excluding carboxylic acids is 3. The summed E-state index contributed by atoms with van der Waals surface area (Å²) in [5, 5.41) is 10.7. The lowest BCUT2D eigenvalue weighted by Gasteiger charge is -2.10. The number of methoxy groups -OCH3 is 3. The monoisotopic (exact) mass is 535 g/mol. The molecule has 0 saturated heterocycles. The molecule has 0 saturated carbocycles. The highest BCUT2D eigenvalue weighted by Crippen LogP contribution is 2.36. The van der Waals surface area contributed by atoms with E-state index in [9.17, 15) is 19.2 Å². The number of allylic oxidation sites excluding steroid dienone is 2. The van der Waals surface area contributed by atoms with Gasteiger partial charge in [-0.1, -0.05) is 25.5 Å². The zero-order chi connectivity index (χ0) is 27.6. The van der Waals surface area contributed by atoms with Crippen molar-refractivity contribution in [3.8, 4) is 11.5 Å². The Kier molecular flexibility index (Phi) is 15.3. The maximum atomic E-state index is 12.1. The third-order valence-corrected chi connectivity index (χ3v) is 6.62. The lowest BCUT2D eigenvalue weighted by atomic mass is 9.96. The zero-order valence-corrected chi connectivity index (χ0v) is 22.7. The molecule has 1 aromatic carbocycles. The molecular weight excluding hydrogens is 498 g/mol. The number of carbonyl (C=O) groups is 4. The highest BCUT2D eigenvalue weighted by Gasteiger charge is 2.15. The van der Waals surface area contributed by atoms with Crippen molar-refractivity contribution in [1.82, 2.24) is 5.32 Å². The van der Waals surface area contributed by atoms with Gasteiger partial charge < -0.3 is 24.6 Å². The van der Waals surface area contributed by atoms with E-state index in [1.165, 1.54) is 50.6 Å². The molecule has 1 unspecified atom stereocenters. The van der Waals surface area contributed by atoms with Crippen LogP contribution in [0.15, 0.2) is 30.4 Å². The number of esters is 1. The average Bonchev–Trinajstić information content (AvgIpc) is 3.30. The topological polar surface area (TPSA) is 128 Å². The molecule has 37 heavy (non-hydrogen) atoms. The highest BCUT2D eigenvalue weighted by molar-refractivity contribution is 7.20. The number of ketones is 1. The number of hydrogen-bond donors (Lipinski definition) is 2. The Hall–Kier alpha value is -3.40. The first-order valence-electron chi connectivity index (χ1n) is 12.0. The Bertz CT molecular complexity index is 1010. The van der Waals surface area contributed by atoms with Crippen LogP contribution in [-0.4, -0.2) is 57.1 Å². The number of benzene rings is 1. The number of rotatable bonds is 9. The van der Waals surface area contributed by atoms with Crippen LogP contribution in [0.3, 0.4) is 0 Å². The average molecular weight is 536 g/mol. The van der Waals surface area contributed by atoms with Gasteiger partial charge >= 0.3 is 11.9 Å². The van der Waals surface area contributed by atoms with E-state index in [1.807, 2.05) is 23.5 Å². The molecule has 0 aliphatic heterocycles. The molecule has 204 valence electrons. The lowest BCUT2D eigenvalue weighted by Crippen LogP contribution is -2.20. The Balaban J connectivity index is 0.000000351. The number of hydrogen-bond acceptors (Lipinski definition) is 8. The van der Waals surface area contributed by atoms with E-state index in [0.29, 0.717) is 22.8 Å². The van der Waals surface area contributed by atoms with Crippen molar-refractivity contribution >= 4 is 45.6 Å².